The monoisotopic (exact) mass is 242 g/mol. The number of rotatable bonds is 4. The number of carbonyl (C=O) groups excluding carboxylic acids is 1. The van der Waals surface area contributed by atoms with E-state index in [0.717, 1.165) is 18.6 Å². The van der Waals surface area contributed by atoms with Crippen LogP contribution < -0.4 is 0 Å². The molecule has 0 spiro atoms. The third-order valence-electron chi connectivity index (χ3n) is 4.09. The Balaban J connectivity index is 1.92. The number of aryl methyl sites for hydroxylation is 1. The first kappa shape index (κ1) is 13.1. The normalized spacial score (nSPS) is 24.3. The average molecular weight is 242 g/mol. The van der Waals surface area contributed by atoms with E-state index >= 15 is 0 Å². The molecule has 1 aromatic carbocycles. The van der Waals surface area contributed by atoms with Gasteiger partial charge in [-0.1, -0.05) is 37.3 Å². The van der Waals surface area contributed by atoms with Gasteiger partial charge in [-0.05, 0) is 61.1 Å². The highest BCUT2D eigenvalue weighted by Crippen LogP contribution is 2.36. The highest BCUT2D eigenvalue weighted by Gasteiger charge is 2.20. The summed E-state index contributed by atoms with van der Waals surface area (Å²) in [6.07, 6.45) is 10.7. The third-order valence-corrected chi connectivity index (χ3v) is 4.09. The Bertz CT molecular complexity index is 394. The molecule has 1 saturated carbocycles. The van der Waals surface area contributed by atoms with E-state index in [4.69, 9.17) is 0 Å². The molecule has 1 aliphatic carbocycles. The van der Waals surface area contributed by atoms with Crippen molar-refractivity contribution in [1.82, 2.24) is 0 Å². The van der Waals surface area contributed by atoms with Crippen molar-refractivity contribution in [3.63, 3.8) is 0 Å². The van der Waals surface area contributed by atoms with Gasteiger partial charge in [0.15, 0.2) is 0 Å². The summed E-state index contributed by atoms with van der Waals surface area (Å²) in [6.45, 7) is 2.19. The molecule has 0 radical (unpaired) electrons. The topological polar surface area (TPSA) is 17.1 Å². The lowest BCUT2D eigenvalue weighted by Gasteiger charge is -2.27. The zero-order valence-corrected chi connectivity index (χ0v) is 11.1. The molecule has 0 amide bonds. The molecular formula is C17H22O. The molecule has 0 atom stereocenters. The molecule has 1 fully saturated rings. The molecule has 96 valence electrons. The molecule has 0 saturated heterocycles. The molecule has 1 nitrogen and oxygen atoms in total. The molecule has 0 unspecified atom stereocenters. The van der Waals surface area contributed by atoms with Crippen molar-refractivity contribution in [3.8, 4) is 0 Å². The van der Waals surface area contributed by atoms with Crippen LogP contribution in [0.25, 0.3) is 0 Å². The SMILES string of the molecule is CCc1ccc(C2CCC(/C=C/C=O)CC2)cc1. The molecule has 0 N–H and O–H groups in total. The van der Waals surface area contributed by atoms with Crippen LogP contribution in [0.5, 0.6) is 0 Å². The first-order valence-corrected chi connectivity index (χ1v) is 7.04. The van der Waals surface area contributed by atoms with Crippen molar-refractivity contribution < 1.29 is 4.79 Å². The molecule has 1 aromatic rings. The number of hydrogen-bond acceptors (Lipinski definition) is 1. The van der Waals surface area contributed by atoms with Crippen LogP contribution in [0.15, 0.2) is 36.4 Å². The van der Waals surface area contributed by atoms with E-state index in [9.17, 15) is 4.79 Å². The lowest BCUT2D eigenvalue weighted by Crippen LogP contribution is -2.11. The largest absolute Gasteiger partial charge is 0.299 e. The summed E-state index contributed by atoms with van der Waals surface area (Å²) in [7, 11) is 0. The number of aldehydes is 1. The van der Waals surface area contributed by atoms with Crippen LogP contribution in [-0.2, 0) is 11.2 Å². The minimum Gasteiger partial charge on any atom is -0.299 e. The number of carbonyl (C=O) groups is 1. The van der Waals surface area contributed by atoms with Gasteiger partial charge in [0.05, 0.1) is 0 Å². The molecule has 0 aromatic heterocycles. The summed E-state index contributed by atoms with van der Waals surface area (Å²) in [5.74, 6) is 1.33. The van der Waals surface area contributed by atoms with Gasteiger partial charge in [0.2, 0.25) is 0 Å². The molecule has 1 aliphatic rings. The van der Waals surface area contributed by atoms with Crippen molar-refractivity contribution >= 4 is 6.29 Å². The second kappa shape index (κ2) is 6.53. The Hall–Kier alpha value is -1.37. The molecule has 0 heterocycles. The maximum absolute atomic E-state index is 10.3. The minimum atomic E-state index is 0.612. The van der Waals surface area contributed by atoms with Gasteiger partial charge in [0.1, 0.15) is 6.29 Å². The molecule has 0 bridgehead atoms. The van der Waals surface area contributed by atoms with E-state index in [-0.39, 0.29) is 0 Å². The van der Waals surface area contributed by atoms with Crippen molar-refractivity contribution in [3.05, 3.63) is 47.5 Å². The fraction of sp³-hybridized carbons (Fsp3) is 0.471. The Labute approximate surface area is 110 Å². The van der Waals surface area contributed by atoms with Gasteiger partial charge in [0.25, 0.3) is 0 Å². The van der Waals surface area contributed by atoms with Crippen molar-refractivity contribution in [2.45, 2.75) is 44.9 Å². The smallest absolute Gasteiger partial charge is 0.142 e. The molecule has 2 rings (SSSR count). The van der Waals surface area contributed by atoms with Crippen LogP contribution in [0.4, 0.5) is 0 Å². The van der Waals surface area contributed by atoms with E-state index in [1.165, 1.54) is 36.8 Å². The Morgan fingerprint density at radius 2 is 1.78 bits per heavy atom. The van der Waals surface area contributed by atoms with Gasteiger partial charge in [-0.15, -0.1) is 0 Å². The van der Waals surface area contributed by atoms with Crippen LogP contribution in [0.2, 0.25) is 0 Å². The van der Waals surface area contributed by atoms with Gasteiger partial charge >= 0.3 is 0 Å². The summed E-state index contributed by atoms with van der Waals surface area (Å²) in [5.41, 5.74) is 2.91. The highest BCUT2D eigenvalue weighted by molar-refractivity contribution is 5.64. The molecule has 18 heavy (non-hydrogen) atoms. The van der Waals surface area contributed by atoms with Crippen molar-refractivity contribution in [1.29, 1.82) is 0 Å². The van der Waals surface area contributed by atoms with E-state index < -0.39 is 0 Å². The Morgan fingerprint density at radius 1 is 1.11 bits per heavy atom. The van der Waals surface area contributed by atoms with Crippen LogP contribution >= 0.6 is 0 Å². The summed E-state index contributed by atoms with van der Waals surface area (Å²) in [4.78, 5) is 10.3. The first-order chi connectivity index (χ1) is 8.83. The average Bonchev–Trinajstić information content (AvgIpc) is 2.46. The standard InChI is InChI=1S/C17H22O/c1-2-14-5-9-16(10-6-14)17-11-7-15(8-12-17)4-3-13-18/h3-6,9-10,13,15,17H,2,7-8,11-12H2,1H3/b4-3+. The maximum atomic E-state index is 10.3. The maximum Gasteiger partial charge on any atom is 0.142 e. The van der Waals surface area contributed by atoms with Crippen molar-refractivity contribution in [2.24, 2.45) is 5.92 Å². The van der Waals surface area contributed by atoms with Crippen LogP contribution in [0.3, 0.4) is 0 Å². The number of allylic oxidation sites excluding steroid dienone is 2. The summed E-state index contributed by atoms with van der Waals surface area (Å²) < 4.78 is 0. The zero-order chi connectivity index (χ0) is 12.8. The third kappa shape index (κ3) is 3.32. The predicted molar refractivity (Wildman–Crippen MR) is 75.7 cm³/mol. The van der Waals surface area contributed by atoms with E-state index in [1.807, 2.05) is 0 Å². The number of hydrogen-bond donors (Lipinski definition) is 0. The summed E-state index contributed by atoms with van der Waals surface area (Å²) in [6, 6.07) is 9.11. The summed E-state index contributed by atoms with van der Waals surface area (Å²) in [5, 5.41) is 0. The Kier molecular flexibility index (Phi) is 4.74. The first-order valence-electron chi connectivity index (χ1n) is 7.04. The lowest BCUT2D eigenvalue weighted by molar-refractivity contribution is -0.104. The van der Waals surface area contributed by atoms with Crippen LogP contribution in [0, 0.1) is 5.92 Å². The quantitative estimate of drug-likeness (QED) is 0.569. The second-order valence-electron chi connectivity index (χ2n) is 5.23. The van der Waals surface area contributed by atoms with Gasteiger partial charge in [0, 0.05) is 0 Å². The minimum absolute atomic E-state index is 0.612. The fourth-order valence-corrected chi connectivity index (χ4v) is 2.87. The zero-order valence-electron chi connectivity index (χ0n) is 11.1. The van der Waals surface area contributed by atoms with Crippen LogP contribution in [-0.4, -0.2) is 6.29 Å². The second-order valence-corrected chi connectivity index (χ2v) is 5.23. The molecule has 0 aliphatic heterocycles. The lowest BCUT2D eigenvalue weighted by atomic mass is 9.78. The number of benzene rings is 1. The van der Waals surface area contributed by atoms with Gasteiger partial charge in [-0.25, -0.2) is 0 Å². The molecular weight excluding hydrogens is 220 g/mol. The highest BCUT2D eigenvalue weighted by atomic mass is 16.1. The van der Waals surface area contributed by atoms with Gasteiger partial charge in [-0.3, -0.25) is 4.79 Å². The fourth-order valence-electron chi connectivity index (χ4n) is 2.87. The van der Waals surface area contributed by atoms with Crippen LogP contribution in [0.1, 0.15) is 49.7 Å². The predicted octanol–water partition coefficient (Wildman–Crippen LogP) is 4.28. The van der Waals surface area contributed by atoms with E-state index in [1.54, 1.807) is 6.08 Å². The van der Waals surface area contributed by atoms with Gasteiger partial charge in [-0.2, -0.15) is 0 Å². The summed E-state index contributed by atoms with van der Waals surface area (Å²) >= 11 is 0. The van der Waals surface area contributed by atoms with Crippen molar-refractivity contribution in [2.75, 3.05) is 0 Å². The Morgan fingerprint density at radius 3 is 2.33 bits per heavy atom. The molecule has 1 heteroatoms. The van der Waals surface area contributed by atoms with Gasteiger partial charge < -0.3 is 0 Å². The van der Waals surface area contributed by atoms with E-state index in [2.05, 4.69) is 37.3 Å². The van der Waals surface area contributed by atoms with E-state index in [0.29, 0.717) is 5.92 Å².